The van der Waals surface area contributed by atoms with Gasteiger partial charge in [-0.05, 0) is 12.8 Å². The number of urea groups is 1. The second-order valence-corrected chi connectivity index (χ2v) is 5.31. The van der Waals surface area contributed by atoms with Gasteiger partial charge in [-0.3, -0.25) is 14.5 Å². The molecule has 3 heterocycles. The zero-order valence-electron chi connectivity index (χ0n) is 12.3. The number of hydrogen-bond acceptors (Lipinski definition) is 5. The number of aromatic nitrogens is 2. The maximum atomic E-state index is 12.2. The first kappa shape index (κ1) is 14.8. The van der Waals surface area contributed by atoms with E-state index < -0.39 is 6.04 Å². The number of rotatable bonds is 6. The lowest BCUT2D eigenvalue weighted by Crippen LogP contribution is -2.49. The summed E-state index contributed by atoms with van der Waals surface area (Å²) in [5.74, 6) is -0.296. The molecule has 0 aromatic carbocycles. The zero-order chi connectivity index (χ0) is 15.5. The highest BCUT2D eigenvalue weighted by Gasteiger charge is 2.47. The average Bonchev–Trinajstić information content (AvgIpc) is 3.12. The van der Waals surface area contributed by atoms with Gasteiger partial charge >= 0.3 is 6.03 Å². The van der Waals surface area contributed by atoms with E-state index in [2.05, 4.69) is 10.5 Å². The van der Waals surface area contributed by atoms with Gasteiger partial charge in [-0.15, -0.1) is 0 Å². The molecule has 2 aliphatic heterocycles. The van der Waals surface area contributed by atoms with E-state index in [9.17, 15) is 9.59 Å². The van der Waals surface area contributed by atoms with E-state index in [4.69, 9.17) is 9.68 Å². The fourth-order valence-corrected chi connectivity index (χ4v) is 2.90. The van der Waals surface area contributed by atoms with Crippen molar-refractivity contribution >= 4 is 11.9 Å². The average molecular weight is 309 g/mol. The van der Waals surface area contributed by atoms with Gasteiger partial charge < -0.3 is 9.47 Å². The van der Waals surface area contributed by atoms with E-state index >= 15 is 0 Å². The Labute approximate surface area is 127 Å². The number of hydrogen-bond donors (Lipinski definition) is 1. The summed E-state index contributed by atoms with van der Waals surface area (Å²) in [6.07, 6.45) is 6.51. The molecule has 0 radical (unpaired) electrons. The highest BCUT2D eigenvalue weighted by molar-refractivity contribution is 5.87. The van der Waals surface area contributed by atoms with Crippen molar-refractivity contribution in [2.45, 2.75) is 31.5 Å². The van der Waals surface area contributed by atoms with E-state index in [1.807, 2.05) is 10.8 Å². The molecule has 0 saturated carbocycles. The van der Waals surface area contributed by atoms with Crippen LogP contribution in [-0.4, -0.2) is 63.8 Å². The number of carbonyl (C=O) groups excluding carboxylic acids is 2. The van der Waals surface area contributed by atoms with Crippen LogP contribution in [0.1, 0.15) is 12.8 Å². The van der Waals surface area contributed by atoms with E-state index in [1.54, 1.807) is 12.5 Å². The monoisotopic (exact) mass is 309 g/mol. The quantitative estimate of drug-likeness (QED) is 0.579. The molecule has 2 fully saturated rings. The summed E-state index contributed by atoms with van der Waals surface area (Å²) in [6, 6.07) is -0.732. The molecule has 2 saturated heterocycles. The van der Waals surface area contributed by atoms with Crippen LogP contribution in [0.3, 0.4) is 0 Å². The zero-order valence-corrected chi connectivity index (χ0v) is 12.3. The van der Waals surface area contributed by atoms with Crippen molar-refractivity contribution in [3.63, 3.8) is 0 Å². The van der Waals surface area contributed by atoms with Crippen molar-refractivity contribution < 1.29 is 19.3 Å². The lowest BCUT2D eigenvalue weighted by Gasteiger charge is -2.28. The SMILES string of the molecule is CON1C(=O)N2C[C@H]1CC[C@H]2C(=O)NOCCn1ccnc1. The van der Waals surface area contributed by atoms with Crippen molar-refractivity contribution in [1.82, 2.24) is 25.0 Å². The molecule has 3 amide bonds. The Kier molecular flexibility index (Phi) is 4.25. The minimum atomic E-state index is -0.503. The molecule has 2 atom stereocenters. The summed E-state index contributed by atoms with van der Waals surface area (Å²) in [4.78, 5) is 40.0. The number of fused-ring (bicyclic) bond motifs is 2. The van der Waals surface area contributed by atoms with Gasteiger partial charge in [0, 0.05) is 25.5 Å². The summed E-state index contributed by atoms with van der Waals surface area (Å²) in [5, 5.41) is 1.34. The van der Waals surface area contributed by atoms with Crippen molar-refractivity contribution in [3.8, 4) is 0 Å². The Bertz CT molecular complexity index is 535. The van der Waals surface area contributed by atoms with Crippen LogP contribution in [0.25, 0.3) is 0 Å². The normalized spacial score (nSPS) is 24.0. The largest absolute Gasteiger partial charge is 0.345 e. The number of nitrogens with zero attached hydrogens (tertiary/aromatic N) is 4. The first-order chi connectivity index (χ1) is 10.7. The molecule has 9 heteroatoms. The Morgan fingerprint density at radius 2 is 2.36 bits per heavy atom. The molecular formula is C13H19N5O4. The van der Waals surface area contributed by atoms with Gasteiger partial charge in [-0.25, -0.2) is 15.3 Å². The molecule has 2 aliphatic rings. The van der Waals surface area contributed by atoms with Crippen molar-refractivity contribution in [2.75, 3.05) is 20.3 Å². The molecule has 22 heavy (non-hydrogen) atoms. The lowest BCUT2D eigenvalue weighted by molar-refractivity contribution is -0.139. The lowest BCUT2D eigenvalue weighted by atomic mass is 10.0. The third kappa shape index (κ3) is 2.77. The van der Waals surface area contributed by atoms with Gasteiger partial charge in [0.2, 0.25) is 0 Å². The first-order valence-electron chi connectivity index (χ1n) is 7.22. The summed E-state index contributed by atoms with van der Waals surface area (Å²) in [7, 11) is 1.47. The molecule has 1 N–H and O–H groups in total. The van der Waals surface area contributed by atoms with Gasteiger partial charge in [0.05, 0.1) is 26.1 Å². The number of piperidine rings is 1. The van der Waals surface area contributed by atoms with Gasteiger partial charge in [0.25, 0.3) is 5.91 Å². The van der Waals surface area contributed by atoms with Crippen molar-refractivity contribution in [2.24, 2.45) is 0 Å². The second kappa shape index (κ2) is 6.32. The maximum absolute atomic E-state index is 12.2. The fraction of sp³-hybridized carbons (Fsp3) is 0.615. The number of imidazole rings is 1. The minimum Gasteiger partial charge on any atom is -0.335 e. The highest BCUT2D eigenvalue weighted by Crippen LogP contribution is 2.29. The molecule has 1 aromatic heterocycles. The fourth-order valence-electron chi connectivity index (χ4n) is 2.90. The summed E-state index contributed by atoms with van der Waals surface area (Å²) in [5.41, 5.74) is 2.43. The molecule has 9 nitrogen and oxygen atoms in total. The van der Waals surface area contributed by atoms with Crippen molar-refractivity contribution in [1.29, 1.82) is 0 Å². The van der Waals surface area contributed by atoms with E-state index in [0.29, 0.717) is 26.1 Å². The van der Waals surface area contributed by atoms with Crippen LogP contribution in [0.5, 0.6) is 0 Å². The number of carbonyl (C=O) groups is 2. The molecule has 0 unspecified atom stereocenters. The standard InChI is InChI=1S/C13H19N5O4/c1-21-18-10-2-3-11(17(8-10)13(18)20)12(19)15-22-7-6-16-5-4-14-9-16/h4-5,9-11H,2-3,6-8H2,1H3,(H,15,19)/t10-,11+/m1/s1. The molecule has 2 bridgehead atoms. The third-order valence-corrected chi connectivity index (χ3v) is 4.01. The summed E-state index contributed by atoms with van der Waals surface area (Å²) >= 11 is 0. The van der Waals surface area contributed by atoms with E-state index in [-0.39, 0.29) is 18.0 Å². The molecule has 3 rings (SSSR count). The predicted molar refractivity (Wildman–Crippen MR) is 74.1 cm³/mol. The number of amides is 3. The smallest absolute Gasteiger partial charge is 0.335 e. The van der Waals surface area contributed by atoms with Gasteiger partial charge in [0.1, 0.15) is 6.04 Å². The number of hydroxylamine groups is 3. The van der Waals surface area contributed by atoms with Gasteiger partial charge in [-0.2, -0.15) is 5.06 Å². The Hall–Kier alpha value is -2.13. The number of nitrogens with one attached hydrogen (secondary N) is 1. The van der Waals surface area contributed by atoms with Crippen LogP contribution >= 0.6 is 0 Å². The molecule has 120 valence electrons. The maximum Gasteiger partial charge on any atom is 0.345 e. The molecule has 0 spiro atoms. The van der Waals surface area contributed by atoms with Crippen LogP contribution in [0.4, 0.5) is 4.79 Å². The first-order valence-corrected chi connectivity index (χ1v) is 7.22. The topological polar surface area (TPSA) is 88.9 Å². The van der Waals surface area contributed by atoms with Crippen LogP contribution in [0, 0.1) is 0 Å². The molecule has 1 aromatic rings. The molecule has 0 aliphatic carbocycles. The Morgan fingerprint density at radius 1 is 1.50 bits per heavy atom. The van der Waals surface area contributed by atoms with Gasteiger partial charge in [0.15, 0.2) is 0 Å². The van der Waals surface area contributed by atoms with E-state index in [1.165, 1.54) is 17.1 Å². The van der Waals surface area contributed by atoms with Crippen LogP contribution in [0.15, 0.2) is 18.7 Å². The van der Waals surface area contributed by atoms with Crippen LogP contribution in [-0.2, 0) is 21.0 Å². The van der Waals surface area contributed by atoms with Crippen molar-refractivity contribution in [3.05, 3.63) is 18.7 Å². The molecular weight excluding hydrogens is 290 g/mol. The minimum absolute atomic E-state index is 0.0312. The predicted octanol–water partition coefficient (Wildman–Crippen LogP) is -0.239. The Balaban J connectivity index is 1.47. The van der Waals surface area contributed by atoms with E-state index in [0.717, 1.165) is 6.42 Å². The van der Waals surface area contributed by atoms with Crippen LogP contribution in [0.2, 0.25) is 0 Å². The summed E-state index contributed by atoms with van der Waals surface area (Å²) in [6.45, 7) is 1.43. The third-order valence-electron chi connectivity index (χ3n) is 4.01. The Morgan fingerprint density at radius 3 is 3.09 bits per heavy atom. The second-order valence-electron chi connectivity index (χ2n) is 5.31. The van der Waals surface area contributed by atoms with Gasteiger partial charge in [-0.1, -0.05) is 0 Å². The van der Waals surface area contributed by atoms with Crippen LogP contribution < -0.4 is 5.48 Å². The highest BCUT2D eigenvalue weighted by atomic mass is 16.7. The summed E-state index contributed by atoms with van der Waals surface area (Å²) < 4.78 is 1.85.